The molecule has 0 radical (unpaired) electrons. The van der Waals surface area contributed by atoms with Gasteiger partial charge >= 0.3 is 0 Å². The molecule has 0 atom stereocenters. The number of carbonyl (C=O) groups is 1. The van der Waals surface area contributed by atoms with Crippen molar-refractivity contribution in [2.45, 2.75) is 0 Å². The maximum atomic E-state index is 11.8. The SMILES string of the molecule is N/C=C\N(N)CCNC(=O)c1cc(-c2cccs2)on1. The van der Waals surface area contributed by atoms with E-state index in [1.165, 1.54) is 28.7 Å². The first-order valence-corrected chi connectivity index (χ1v) is 6.77. The Morgan fingerprint density at radius 2 is 2.45 bits per heavy atom. The molecule has 2 aromatic rings. The minimum absolute atomic E-state index is 0.242. The molecule has 0 aliphatic carbocycles. The maximum absolute atomic E-state index is 11.8. The summed E-state index contributed by atoms with van der Waals surface area (Å²) in [5.74, 6) is 5.84. The Balaban J connectivity index is 1.87. The molecule has 0 unspecified atom stereocenters. The molecule has 7 nitrogen and oxygen atoms in total. The summed E-state index contributed by atoms with van der Waals surface area (Å²) in [4.78, 5) is 12.8. The normalized spacial score (nSPS) is 10.8. The lowest BCUT2D eigenvalue weighted by molar-refractivity contribution is 0.0942. The molecule has 2 heterocycles. The Morgan fingerprint density at radius 3 is 3.15 bits per heavy atom. The Morgan fingerprint density at radius 1 is 1.60 bits per heavy atom. The highest BCUT2D eigenvalue weighted by Crippen LogP contribution is 2.24. The van der Waals surface area contributed by atoms with Crippen molar-refractivity contribution in [2.75, 3.05) is 13.1 Å². The Hall–Kier alpha value is -2.32. The van der Waals surface area contributed by atoms with E-state index >= 15 is 0 Å². The summed E-state index contributed by atoms with van der Waals surface area (Å²) < 4.78 is 5.13. The fraction of sp³-hybridized carbons (Fsp3) is 0.167. The number of aromatic nitrogens is 1. The highest BCUT2D eigenvalue weighted by Gasteiger charge is 2.13. The molecule has 8 heteroatoms. The first-order valence-electron chi connectivity index (χ1n) is 5.89. The lowest BCUT2D eigenvalue weighted by atomic mass is 10.3. The van der Waals surface area contributed by atoms with E-state index in [9.17, 15) is 4.79 Å². The number of nitrogens with zero attached hydrogens (tertiary/aromatic N) is 2. The van der Waals surface area contributed by atoms with Crippen LogP contribution >= 0.6 is 11.3 Å². The van der Waals surface area contributed by atoms with Crippen LogP contribution in [0.15, 0.2) is 40.5 Å². The largest absolute Gasteiger partial charge is 0.403 e. The third-order valence-corrected chi connectivity index (χ3v) is 3.32. The van der Waals surface area contributed by atoms with Crippen LogP contribution in [-0.2, 0) is 0 Å². The zero-order chi connectivity index (χ0) is 14.4. The predicted molar refractivity (Wildman–Crippen MR) is 76.4 cm³/mol. The van der Waals surface area contributed by atoms with E-state index in [-0.39, 0.29) is 11.6 Å². The summed E-state index contributed by atoms with van der Waals surface area (Å²) in [7, 11) is 0. The van der Waals surface area contributed by atoms with Crippen molar-refractivity contribution < 1.29 is 9.32 Å². The molecule has 1 amide bonds. The average Bonchev–Trinajstić information content (AvgIpc) is 3.10. The van der Waals surface area contributed by atoms with Crippen molar-refractivity contribution in [2.24, 2.45) is 11.6 Å². The van der Waals surface area contributed by atoms with Gasteiger partial charge < -0.3 is 20.6 Å². The summed E-state index contributed by atoms with van der Waals surface area (Å²) in [5, 5.41) is 9.74. The number of hydrazine groups is 1. The second kappa shape index (κ2) is 6.73. The minimum atomic E-state index is -0.304. The van der Waals surface area contributed by atoms with Gasteiger partial charge in [-0.15, -0.1) is 11.3 Å². The summed E-state index contributed by atoms with van der Waals surface area (Å²) >= 11 is 1.52. The van der Waals surface area contributed by atoms with Crippen molar-refractivity contribution in [3.63, 3.8) is 0 Å². The van der Waals surface area contributed by atoms with Gasteiger partial charge in [0.15, 0.2) is 11.5 Å². The maximum Gasteiger partial charge on any atom is 0.273 e. The lowest BCUT2D eigenvalue weighted by Gasteiger charge is -2.12. The van der Waals surface area contributed by atoms with Gasteiger partial charge in [0.25, 0.3) is 5.91 Å². The standard InChI is InChI=1S/C12H15N5O2S/c13-3-5-17(14)6-4-15-12(18)9-8-10(19-16-9)11-2-1-7-20-11/h1-3,5,7-8H,4,6,13-14H2,(H,15,18)/b5-3-. The van der Waals surface area contributed by atoms with Gasteiger partial charge in [0.05, 0.1) is 11.4 Å². The molecule has 2 rings (SSSR count). The second-order valence-electron chi connectivity index (χ2n) is 3.89. The number of amides is 1. The quantitative estimate of drug-likeness (QED) is 0.535. The number of nitrogens with two attached hydrogens (primary N) is 2. The molecule has 0 bridgehead atoms. The zero-order valence-electron chi connectivity index (χ0n) is 10.7. The number of nitrogens with one attached hydrogen (secondary N) is 1. The number of hydrogen-bond donors (Lipinski definition) is 3. The van der Waals surface area contributed by atoms with E-state index in [4.69, 9.17) is 16.1 Å². The van der Waals surface area contributed by atoms with E-state index in [0.29, 0.717) is 18.8 Å². The zero-order valence-corrected chi connectivity index (χ0v) is 11.5. The molecule has 5 N–H and O–H groups in total. The van der Waals surface area contributed by atoms with E-state index in [0.717, 1.165) is 4.88 Å². The predicted octanol–water partition coefficient (Wildman–Crippen LogP) is 0.739. The molecule has 20 heavy (non-hydrogen) atoms. The van der Waals surface area contributed by atoms with Gasteiger partial charge in [-0.2, -0.15) is 0 Å². The van der Waals surface area contributed by atoms with Crippen LogP contribution in [0, 0.1) is 0 Å². The van der Waals surface area contributed by atoms with Crippen molar-refractivity contribution in [3.8, 4) is 10.6 Å². The molecule has 2 aromatic heterocycles. The van der Waals surface area contributed by atoms with Crippen LogP contribution in [0.4, 0.5) is 0 Å². The van der Waals surface area contributed by atoms with Crippen LogP contribution in [0.3, 0.4) is 0 Å². The molecule has 106 valence electrons. The first kappa shape index (κ1) is 14.1. The van der Waals surface area contributed by atoms with Gasteiger partial charge in [-0.05, 0) is 11.4 Å². The monoisotopic (exact) mass is 293 g/mol. The van der Waals surface area contributed by atoms with Crippen LogP contribution in [0.2, 0.25) is 0 Å². The van der Waals surface area contributed by atoms with Gasteiger partial charge in [-0.1, -0.05) is 11.2 Å². The minimum Gasteiger partial charge on any atom is -0.403 e. The van der Waals surface area contributed by atoms with E-state index in [2.05, 4.69) is 10.5 Å². The van der Waals surface area contributed by atoms with Gasteiger partial charge in [-0.25, -0.2) is 5.84 Å². The molecule has 0 saturated heterocycles. The Labute approximate surface area is 119 Å². The van der Waals surface area contributed by atoms with E-state index in [1.54, 1.807) is 6.07 Å². The molecule has 0 aliphatic rings. The third kappa shape index (κ3) is 3.59. The topological polar surface area (TPSA) is 110 Å². The summed E-state index contributed by atoms with van der Waals surface area (Å²) in [5.41, 5.74) is 5.43. The van der Waals surface area contributed by atoms with Crippen molar-refractivity contribution in [1.82, 2.24) is 15.5 Å². The van der Waals surface area contributed by atoms with Crippen molar-refractivity contribution in [1.29, 1.82) is 0 Å². The number of hydrogen-bond acceptors (Lipinski definition) is 7. The van der Waals surface area contributed by atoms with Crippen molar-refractivity contribution in [3.05, 3.63) is 41.7 Å². The molecule has 0 aromatic carbocycles. The van der Waals surface area contributed by atoms with Crippen LogP contribution in [-0.4, -0.2) is 29.2 Å². The van der Waals surface area contributed by atoms with Gasteiger partial charge in [0.1, 0.15) is 0 Å². The van der Waals surface area contributed by atoms with Gasteiger partial charge in [-0.3, -0.25) is 4.79 Å². The van der Waals surface area contributed by atoms with Gasteiger partial charge in [0.2, 0.25) is 0 Å². The van der Waals surface area contributed by atoms with Crippen LogP contribution in [0.5, 0.6) is 0 Å². The number of rotatable bonds is 6. The van der Waals surface area contributed by atoms with Crippen LogP contribution in [0.1, 0.15) is 10.5 Å². The number of thiophene rings is 1. The van der Waals surface area contributed by atoms with Gasteiger partial charge in [0, 0.05) is 25.0 Å². The highest BCUT2D eigenvalue weighted by atomic mass is 32.1. The summed E-state index contributed by atoms with van der Waals surface area (Å²) in [6, 6.07) is 5.42. The molecule has 0 saturated carbocycles. The smallest absolute Gasteiger partial charge is 0.273 e. The van der Waals surface area contributed by atoms with E-state index < -0.39 is 0 Å². The lowest BCUT2D eigenvalue weighted by Crippen LogP contribution is -2.36. The third-order valence-electron chi connectivity index (χ3n) is 2.44. The fourth-order valence-corrected chi connectivity index (χ4v) is 2.16. The Kier molecular flexibility index (Phi) is 4.75. The molecule has 0 aliphatic heterocycles. The van der Waals surface area contributed by atoms with E-state index in [1.807, 2.05) is 17.5 Å². The van der Waals surface area contributed by atoms with Crippen LogP contribution in [0.25, 0.3) is 10.6 Å². The molecule has 0 fully saturated rings. The Bertz CT molecular complexity index is 578. The first-order chi connectivity index (χ1) is 9.70. The fourth-order valence-electron chi connectivity index (χ4n) is 1.49. The second-order valence-corrected chi connectivity index (χ2v) is 4.84. The van der Waals surface area contributed by atoms with Crippen molar-refractivity contribution >= 4 is 17.2 Å². The molecular formula is C12H15N5O2S. The molecule has 0 spiro atoms. The van der Waals surface area contributed by atoms with Crippen LogP contribution < -0.4 is 16.9 Å². The summed E-state index contributed by atoms with van der Waals surface area (Å²) in [6.45, 7) is 0.815. The summed E-state index contributed by atoms with van der Waals surface area (Å²) in [6.07, 6.45) is 2.84. The number of carbonyl (C=O) groups excluding carboxylic acids is 1. The average molecular weight is 293 g/mol. The molecular weight excluding hydrogens is 278 g/mol. The highest BCUT2D eigenvalue weighted by molar-refractivity contribution is 7.13.